The summed E-state index contributed by atoms with van der Waals surface area (Å²) in [7, 11) is 0. The Hall–Kier alpha value is -0.220. The second kappa shape index (κ2) is 6.04. The Morgan fingerprint density at radius 2 is 1.74 bits per heavy atom. The summed E-state index contributed by atoms with van der Waals surface area (Å²) in [5, 5.41) is 3.15. The minimum Gasteiger partial charge on any atom is -0.354 e. The summed E-state index contributed by atoms with van der Waals surface area (Å²) in [5.41, 5.74) is 5.05. The SMILES string of the molecule is CSC1(CNC(=O)C(C)(C)C(C)(C)N)CCCCC1. The fourth-order valence-electron chi connectivity index (χ4n) is 2.40. The normalized spacial score (nSPS) is 20.1. The summed E-state index contributed by atoms with van der Waals surface area (Å²) in [6.45, 7) is 8.45. The van der Waals surface area contributed by atoms with Gasteiger partial charge in [0.05, 0.1) is 5.41 Å². The first kappa shape index (κ1) is 16.8. The summed E-state index contributed by atoms with van der Waals surface area (Å²) < 4.78 is 0.239. The van der Waals surface area contributed by atoms with Crippen molar-refractivity contribution in [2.24, 2.45) is 11.1 Å². The van der Waals surface area contributed by atoms with E-state index in [9.17, 15) is 4.79 Å². The third kappa shape index (κ3) is 3.88. The van der Waals surface area contributed by atoms with E-state index in [4.69, 9.17) is 5.73 Å². The van der Waals surface area contributed by atoms with Crippen molar-refractivity contribution in [3.05, 3.63) is 0 Å². The minimum atomic E-state index is -0.554. The van der Waals surface area contributed by atoms with Crippen LogP contribution >= 0.6 is 11.8 Å². The molecule has 0 spiro atoms. The van der Waals surface area contributed by atoms with Crippen molar-refractivity contribution in [2.75, 3.05) is 12.8 Å². The van der Waals surface area contributed by atoms with Crippen LogP contribution < -0.4 is 11.1 Å². The van der Waals surface area contributed by atoms with Gasteiger partial charge in [0.15, 0.2) is 0 Å². The van der Waals surface area contributed by atoms with Gasteiger partial charge in [-0.15, -0.1) is 0 Å². The summed E-state index contributed by atoms with van der Waals surface area (Å²) in [4.78, 5) is 12.4. The third-order valence-electron chi connectivity index (χ3n) is 4.95. The van der Waals surface area contributed by atoms with E-state index >= 15 is 0 Å². The Morgan fingerprint density at radius 3 is 2.16 bits per heavy atom. The van der Waals surface area contributed by atoms with Crippen molar-refractivity contribution in [1.82, 2.24) is 5.32 Å². The number of hydrogen-bond acceptors (Lipinski definition) is 3. The molecular weight excluding hydrogens is 256 g/mol. The zero-order valence-corrected chi connectivity index (χ0v) is 14.0. The zero-order valence-electron chi connectivity index (χ0n) is 13.1. The van der Waals surface area contributed by atoms with Crippen molar-refractivity contribution in [1.29, 1.82) is 0 Å². The monoisotopic (exact) mass is 286 g/mol. The number of amides is 1. The van der Waals surface area contributed by atoms with Gasteiger partial charge in [-0.2, -0.15) is 11.8 Å². The maximum absolute atomic E-state index is 12.4. The first-order valence-corrected chi connectivity index (χ1v) is 8.49. The predicted octanol–water partition coefficient (Wildman–Crippen LogP) is 2.93. The molecule has 0 aliphatic heterocycles. The molecule has 0 unspecified atom stereocenters. The van der Waals surface area contributed by atoms with Crippen molar-refractivity contribution < 1.29 is 4.79 Å². The van der Waals surface area contributed by atoms with Gasteiger partial charge < -0.3 is 11.1 Å². The minimum absolute atomic E-state index is 0.0685. The van der Waals surface area contributed by atoms with Gasteiger partial charge in [0.25, 0.3) is 0 Å². The number of carbonyl (C=O) groups excluding carboxylic acids is 1. The van der Waals surface area contributed by atoms with Crippen LogP contribution in [0.1, 0.15) is 59.8 Å². The molecule has 1 aliphatic carbocycles. The van der Waals surface area contributed by atoms with Crippen molar-refractivity contribution >= 4 is 17.7 Å². The highest BCUT2D eigenvalue weighted by Crippen LogP contribution is 2.38. The molecule has 1 saturated carbocycles. The van der Waals surface area contributed by atoms with Crippen LogP contribution in [0.4, 0.5) is 0 Å². The van der Waals surface area contributed by atoms with E-state index in [0.29, 0.717) is 0 Å². The molecule has 0 aromatic heterocycles. The van der Waals surface area contributed by atoms with E-state index in [-0.39, 0.29) is 10.7 Å². The van der Waals surface area contributed by atoms with Crippen molar-refractivity contribution in [3.8, 4) is 0 Å². The van der Waals surface area contributed by atoms with E-state index in [1.165, 1.54) is 32.1 Å². The standard InChI is InChI=1S/C15H30N2OS/c1-13(2,14(3,4)16)12(18)17-11-15(19-5)9-7-6-8-10-15/h6-11,16H2,1-5H3,(H,17,18). The lowest BCUT2D eigenvalue weighted by atomic mass is 9.74. The van der Waals surface area contributed by atoms with Crippen LogP contribution in [0.15, 0.2) is 0 Å². The molecule has 0 aromatic rings. The van der Waals surface area contributed by atoms with Gasteiger partial charge in [-0.05, 0) is 46.8 Å². The number of hydrogen-bond donors (Lipinski definition) is 2. The lowest BCUT2D eigenvalue weighted by molar-refractivity contribution is -0.132. The van der Waals surface area contributed by atoms with E-state index in [0.717, 1.165) is 6.54 Å². The zero-order chi connectivity index (χ0) is 14.7. The third-order valence-corrected chi connectivity index (χ3v) is 6.37. The second-order valence-electron chi connectivity index (χ2n) is 6.98. The largest absolute Gasteiger partial charge is 0.354 e. The molecule has 0 atom stereocenters. The predicted molar refractivity (Wildman–Crippen MR) is 84.4 cm³/mol. The van der Waals surface area contributed by atoms with Gasteiger partial charge in [-0.1, -0.05) is 19.3 Å². The lowest BCUT2D eigenvalue weighted by Gasteiger charge is -2.40. The van der Waals surface area contributed by atoms with Crippen LogP contribution in [-0.2, 0) is 4.79 Å². The molecular formula is C15H30N2OS. The molecule has 1 rings (SSSR count). The molecule has 0 radical (unpaired) electrons. The van der Waals surface area contributed by atoms with Gasteiger partial charge in [0.2, 0.25) is 5.91 Å². The number of nitrogens with two attached hydrogens (primary N) is 1. The summed E-state index contributed by atoms with van der Waals surface area (Å²) in [6, 6.07) is 0. The smallest absolute Gasteiger partial charge is 0.227 e. The molecule has 3 nitrogen and oxygen atoms in total. The van der Waals surface area contributed by atoms with Crippen LogP contribution in [0.25, 0.3) is 0 Å². The number of rotatable bonds is 5. The number of nitrogens with one attached hydrogen (secondary N) is 1. The van der Waals surface area contributed by atoms with Gasteiger partial charge in [-0.25, -0.2) is 0 Å². The van der Waals surface area contributed by atoms with Gasteiger partial charge >= 0.3 is 0 Å². The van der Waals surface area contributed by atoms with E-state index in [2.05, 4.69) is 11.6 Å². The average Bonchev–Trinajstić information content (AvgIpc) is 2.35. The summed E-state index contributed by atoms with van der Waals surface area (Å²) in [6.07, 6.45) is 8.47. The summed E-state index contributed by atoms with van der Waals surface area (Å²) in [5.74, 6) is 0.0685. The number of thioether (sulfide) groups is 1. The Kier molecular flexibility index (Phi) is 5.35. The Bertz CT molecular complexity index is 315. The molecule has 112 valence electrons. The Balaban J connectivity index is 2.62. The maximum atomic E-state index is 12.4. The van der Waals surface area contributed by atoms with Crippen LogP contribution in [0.2, 0.25) is 0 Å². The lowest BCUT2D eigenvalue weighted by Crippen LogP contribution is -2.57. The van der Waals surface area contributed by atoms with E-state index in [1.807, 2.05) is 39.5 Å². The van der Waals surface area contributed by atoms with Gasteiger partial charge in [-0.3, -0.25) is 4.79 Å². The molecule has 1 fully saturated rings. The van der Waals surface area contributed by atoms with Crippen LogP contribution in [-0.4, -0.2) is 29.0 Å². The fraction of sp³-hybridized carbons (Fsp3) is 0.933. The first-order valence-electron chi connectivity index (χ1n) is 7.27. The molecule has 0 bridgehead atoms. The highest BCUT2D eigenvalue weighted by Gasteiger charge is 2.41. The molecule has 4 heteroatoms. The van der Waals surface area contributed by atoms with Gasteiger partial charge in [0.1, 0.15) is 0 Å². The van der Waals surface area contributed by atoms with Crippen molar-refractivity contribution in [3.63, 3.8) is 0 Å². The topological polar surface area (TPSA) is 55.1 Å². The van der Waals surface area contributed by atoms with E-state index in [1.54, 1.807) is 0 Å². The highest BCUT2D eigenvalue weighted by atomic mass is 32.2. The van der Waals surface area contributed by atoms with E-state index < -0.39 is 11.0 Å². The highest BCUT2D eigenvalue weighted by molar-refractivity contribution is 8.00. The number of carbonyl (C=O) groups is 1. The summed E-state index contributed by atoms with van der Waals surface area (Å²) >= 11 is 1.91. The van der Waals surface area contributed by atoms with Crippen LogP contribution in [0.3, 0.4) is 0 Å². The molecule has 3 N–H and O–H groups in total. The molecule has 19 heavy (non-hydrogen) atoms. The second-order valence-corrected chi connectivity index (χ2v) is 8.25. The molecule has 1 aliphatic rings. The quantitative estimate of drug-likeness (QED) is 0.817. The molecule has 0 aromatic carbocycles. The average molecular weight is 286 g/mol. The molecule has 0 saturated heterocycles. The van der Waals surface area contributed by atoms with Gasteiger partial charge in [0, 0.05) is 16.8 Å². The Labute approximate surface area is 122 Å². The van der Waals surface area contributed by atoms with Crippen LogP contribution in [0.5, 0.6) is 0 Å². The first-order chi connectivity index (χ1) is 8.65. The fourth-order valence-corrected chi connectivity index (χ4v) is 3.32. The maximum Gasteiger partial charge on any atom is 0.227 e. The Morgan fingerprint density at radius 1 is 1.21 bits per heavy atom. The molecule has 1 amide bonds. The van der Waals surface area contributed by atoms with Crippen molar-refractivity contribution in [2.45, 2.75) is 70.1 Å². The molecule has 0 heterocycles. The van der Waals surface area contributed by atoms with Crippen LogP contribution in [0, 0.1) is 5.41 Å².